The summed E-state index contributed by atoms with van der Waals surface area (Å²) in [6, 6.07) is 4.99. The van der Waals surface area contributed by atoms with Crippen molar-refractivity contribution in [2.75, 3.05) is 11.5 Å². The van der Waals surface area contributed by atoms with Crippen molar-refractivity contribution in [3.8, 4) is 0 Å². The van der Waals surface area contributed by atoms with Gasteiger partial charge in [-0.1, -0.05) is 11.6 Å². The molecule has 0 atom stereocenters. The van der Waals surface area contributed by atoms with E-state index in [1.54, 1.807) is 18.2 Å². The number of halogens is 4. The number of hydrogen-bond acceptors (Lipinski definition) is 2. The third kappa shape index (κ3) is 4.99. The molecule has 1 aromatic rings. The highest BCUT2D eigenvalue weighted by Gasteiger charge is 2.25. The highest BCUT2D eigenvalue weighted by Crippen LogP contribution is 2.30. The molecule has 0 aliphatic heterocycles. The van der Waals surface area contributed by atoms with E-state index in [1.807, 2.05) is 0 Å². The molecule has 0 radical (unpaired) electrons. The molecule has 0 aromatic heterocycles. The van der Waals surface area contributed by atoms with Crippen molar-refractivity contribution in [3.05, 3.63) is 23.2 Å². The van der Waals surface area contributed by atoms with Crippen LogP contribution in [0.4, 0.5) is 18.9 Å². The van der Waals surface area contributed by atoms with Crippen molar-refractivity contribution in [3.63, 3.8) is 0 Å². The van der Waals surface area contributed by atoms with Gasteiger partial charge < -0.3 is 5.73 Å². The van der Waals surface area contributed by atoms with Gasteiger partial charge in [-0.05, 0) is 30.4 Å². The second-order valence-electron chi connectivity index (χ2n) is 3.26. The fourth-order valence-electron chi connectivity index (χ4n) is 1.09. The molecule has 0 aliphatic rings. The summed E-state index contributed by atoms with van der Waals surface area (Å²) in [4.78, 5) is 0.762. The fraction of sp³-hybridized carbons (Fsp3) is 0.400. The van der Waals surface area contributed by atoms with Gasteiger partial charge in [-0.2, -0.15) is 13.2 Å². The standard InChI is InChI=1S/C10H11ClF3NS/c11-8-6-7(15)2-3-9(8)16-5-1-4-10(12,13)14/h2-3,6H,1,4-5,15H2. The molecule has 1 rings (SSSR count). The average Bonchev–Trinajstić information content (AvgIpc) is 2.13. The van der Waals surface area contributed by atoms with Crippen molar-refractivity contribution < 1.29 is 13.2 Å². The Balaban J connectivity index is 2.38. The first kappa shape index (κ1) is 13.5. The Labute approximate surface area is 101 Å². The number of nitrogen functional groups attached to an aromatic ring is 1. The van der Waals surface area contributed by atoms with Crippen molar-refractivity contribution in [1.29, 1.82) is 0 Å². The van der Waals surface area contributed by atoms with Crippen molar-refractivity contribution in [2.24, 2.45) is 0 Å². The van der Waals surface area contributed by atoms with Gasteiger partial charge in [-0.15, -0.1) is 11.8 Å². The predicted octanol–water partition coefficient (Wildman–Crippen LogP) is 4.36. The summed E-state index contributed by atoms with van der Waals surface area (Å²) in [6.45, 7) is 0. The summed E-state index contributed by atoms with van der Waals surface area (Å²) in [7, 11) is 0. The van der Waals surface area contributed by atoms with Crippen LogP contribution in [0.25, 0.3) is 0 Å². The zero-order chi connectivity index (χ0) is 12.2. The van der Waals surface area contributed by atoms with Gasteiger partial charge in [0.25, 0.3) is 0 Å². The molecule has 0 fully saturated rings. The van der Waals surface area contributed by atoms with Crippen LogP contribution in [0.1, 0.15) is 12.8 Å². The van der Waals surface area contributed by atoms with Crippen LogP contribution in [-0.4, -0.2) is 11.9 Å². The molecule has 0 unspecified atom stereocenters. The molecule has 0 amide bonds. The molecule has 1 aromatic carbocycles. The Bertz CT molecular complexity index is 354. The van der Waals surface area contributed by atoms with E-state index in [-0.39, 0.29) is 6.42 Å². The minimum absolute atomic E-state index is 0.0921. The molecule has 1 nitrogen and oxygen atoms in total. The van der Waals surface area contributed by atoms with Crippen LogP contribution in [0.15, 0.2) is 23.1 Å². The summed E-state index contributed by atoms with van der Waals surface area (Å²) in [5.74, 6) is 0.392. The fourth-order valence-corrected chi connectivity index (χ4v) is 2.31. The summed E-state index contributed by atoms with van der Waals surface area (Å²) in [6.07, 6.45) is -4.74. The van der Waals surface area contributed by atoms with Crippen LogP contribution in [0, 0.1) is 0 Å². The van der Waals surface area contributed by atoms with Gasteiger partial charge in [0.2, 0.25) is 0 Å². The van der Waals surface area contributed by atoms with Crippen molar-refractivity contribution in [1.82, 2.24) is 0 Å². The van der Waals surface area contributed by atoms with E-state index in [1.165, 1.54) is 11.8 Å². The molecule has 6 heteroatoms. The number of anilines is 1. The third-order valence-electron chi connectivity index (χ3n) is 1.82. The molecule has 0 saturated carbocycles. The number of alkyl halides is 3. The maximum atomic E-state index is 11.9. The van der Waals surface area contributed by atoms with E-state index in [0.29, 0.717) is 16.5 Å². The molecule has 0 aliphatic carbocycles. The van der Waals surface area contributed by atoms with Gasteiger partial charge in [-0.25, -0.2) is 0 Å². The maximum Gasteiger partial charge on any atom is 0.389 e. The molecule has 16 heavy (non-hydrogen) atoms. The topological polar surface area (TPSA) is 26.0 Å². The Kier molecular flexibility index (Phi) is 4.80. The second kappa shape index (κ2) is 5.68. The van der Waals surface area contributed by atoms with Crippen LogP contribution in [0.3, 0.4) is 0 Å². The van der Waals surface area contributed by atoms with E-state index < -0.39 is 12.6 Å². The van der Waals surface area contributed by atoms with Gasteiger partial charge in [0.15, 0.2) is 0 Å². The SMILES string of the molecule is Nc1ccc(SCCCC(F)(F)F)c(Cl)c1. The summed E-state index contributed by atoms with van der Waals surface area (Å²) in [5.41, 5.74) is 6.04. The average molecular weight is 270 g/mol. The zero-order valence-electron chi connectivity index (χ0n) is 8.35. The van der Waals surface area contributed by atoms with Crippen molar-refractivity contribution in [2.45, 2.75) is 23.9 Å². The quantitative estimate of drug-likeness (QED) is 0.499. The molecular formula is C10H11ClF3NS. The minimum Gasteiger partial charge on any atom is -0.399 e. The molecule has 90 valence electrons. The lowest BCUT2D eigenvalue weighted by molar-refractivity contribution is -0.134. The Morgan fingerprint density at radius 3 is 2.56 bits per heavy atom. The first-order valence-corrected chi connectivity index (χ1v) is 5.99. The monoisotopic (exact) mass is 269 g/mol. The lowest BCUT2D eigenvalue weighted by Crippen LogP contribution is -2.06. The number of hydrogen-bond donors (Lipinski definition) is 1. The largest absolute Gasteiger partial charge is 0.399 e. The van der Waals surface area contributed by atoms with Crippen molar-refractivity contribution >= 4 is 29.1 Å². The molecular weight excluding hydrogens is 259 g/mol. The number of thioether (sulfide) groups is 1. The molecule has 2 N–H and O–H groups in total. The zero-order valence-corrected chi connectivity index (χ0v) is 9.92. The van der Waals surface area contributed by atoms with Crippen LogP contribution < -0.4 is 5.73 Å². The van der Waals surface area contributed by atoms with Crippen LogP contribution in [0.2, 0.25) is 5.02 Å². The third-order valence-corrected chi connectivity index (χ3v) is 3.40. The van der Waals surface area contributed by atoms with Gasteiger partial charge in [0.05, 0.1) is 5.02 Å². The molecule has 0 heterocycles. The highest BCUT2D eigenvalue weighted by atomic mass is 35.5. The maximum absolute atomic E-state index is 11.9. The van der Waals surface area contributed by atoms with E-state index >= 15 is 0 Å². The van der Waals surface area contributed by atoms with E-state index in [9.17, 15) is 13.2 Å². The Hall–Kier alpha value is -0.550. The number of rotatable bonds is 4. The lowest BCUT2D eigenvalue weighted by Gasteiger charge is -2.07. The van der Waals surface area contributed by atoms with Gasteiger partial charge in [0.1, 0.15) is 0 Å². The van der Waals surface area contributed by atoms with E-state index in [2.05, 4.69) is 0 Å². The minimum atomic E-state index is -4.08. The summed E-state index contributed by atoms with van der Waals surface area (Å²) >= 11 is 7.18. The molecule has 0 bridgehead atoms. The Morgan fingerprint density at radius 1 is 1.31 bits per heavy atom. The van der Waals surface area contributed by atoms with Gasteiger partial charge in [-0.3, -0.25) is 0 Å². The number of benzene rings is 1. The van der Waals surface area contributed by atoms with E-state index in [0.717, 1.165) is 4.90 Å². The summed E-state index contributed by atoms with van der Waals surface area (Å²) in [5, 5.41) is 0.483. The summed E-state index contributed by atoms with van der Waals surface area (Å²) < 4.78 is 35.6. The second-order valence-corrected chi connectivity index (χ2v) is 4.80. The normalized spacial score (nSPS) is 11.8. The number of nitrogens with two attached hydrogens (primary N) is 1. The smallest absolute Gasteiger partial charge is 0.389 e. The first-order valence-electron chi connectivity index (χ1n) is 4.63. The van der Waals surface area contributed by atoms with Crippen LogP contribution in [0.5, 0.6) is 0 Å². The van der Waals surface area contributed by atoms with Crippen LogP contribution >= 0.6 is 23.4 Å². The van der Waals surface area contributed by atoms with E-state index in [4.69, 9.17) is 17.3 Å². The van der Waals surface area contributed by atoms with Gasteiger partial charge in [0, 0.05) is 17.0 Å². The first-order chi connectivity index (χ1) is 7.38. The predicted molar refractivity (Wildman–Crippen MR) is 61.9 cm³/mol. The highest BCUT2D eigenvalue weighted by molar-refractivity contribution is 7.99. The van der Waals surface area contributed by atoms with Crippen LogP contribution in [-0.2, 0) is 0 Å². The van der Waals surface area contributed by atoms with Gasteiger partial charge >= 0.3 is 6.18 Å². The lowest BCUT2D eigenvalue weighted by atomic mass is 10.3. The molecule has 0 saturated heterocycles. The molecule has 0 spiro atoms. The Morgan fingerprint density at radius 2 is 2.00 bits per heavy atom.